The van der Waals surface area contributed by atoms with Gasteiger partial charge in [0.15, 0.2) is 5.78 Å². The molecule has 0 atom stereocenters. The molecule has 0 saturated carbocycles. The number of carbonyl (C=O) groups is 2. The Morgan fingerprint density at radius 2 is 1.62 bits per heavy atom. The van der Waals surface area contributed by atoms with Gasteiger partial charge in [-0.1, -0.05) is 36.4 Å². The number of rotatable bonds is 5. The first-order chi connectivity index (χ1) is 10.1. The molecule has 0 aliphatic rings. The van der Waals surface area contributed by atoms with Crippen LogP contribution in [0.15, 0.2) is 48.5 Å². The van der Waals surface area contributed by atoms with Crippen molar-refractivity contribution in [3.8, 4) is 0 Å². The van der Waals surface area contributed by atoms with Crippen LogP contribution in [0.25, 0.3) is 0 Å². The second kappa shape index (κ2) is 6.84. The van der Waals surface area contributed by atoms with Crippen LogP contribution in [-0.2, 0) is 4.79 Å². The van der Waals surface area contributed by atoms with E-state index in [9.17, 15) is 9.59 Å². The average Bonchev–Trinajstić information content (AvgIpc) is 2.49. The molecule has 0 heterocycles. The van der Waals surface area contributed by atoms with Crippen molar-refractivity contribution in [2.45, 2.75) is 26.7 Å². The van der Waals surface area contributed by atoms with Gasteiger partial charge < -0.3 is 5.32 Å². The van der Waals surface area contributed by atoms with E-state index in [-0.39, 0.29) is 24.5 Å². The highest BCUT2D eigenvalue weighted by molar-refractivity contribution is 5.99. The molecule has 1 amide bonds. The molecule has 21 heavy (non-hydrogen) atoms. The fraction of sp³-hybridized carbons (Fsp3) is 0.222. The normalized spacial score (nSPS) is 10.2. The van der Waals surface area contributed by atoms with Gasteiger partial charge in [0.25, 0.3) is 0 Å². The molecule has 0 saturated heterocycles. The molecule has 0 spiro atoms. The van der Waals surface area contributed by atoms with Crippen LogP contribution in [0.5, 0.6) is 0 Å². The third-order valence-corrected chi connectivity index (χ3v) is 3.47. The summed E-state index contributed by atoms with van der Waals surface area (Å²) in [7, 11) is 0. The van der Waals surface area contributed by atoms with E-state index in [4.69, 9.17) is 0 Å². The molecule has 2 aromatic rings. The number of Topliss-reactive ketones (excluding diaryl/α,β-unsaturated/α-hetero) is 1. The summed E-state index contributed by atoms with van der Waals surface area (Å²) in [5.41, 5.74) is 3.74. The van der Waals surface area contributed by atoms with Crippen LogP contribution < -0.4 is 5.32 Å². The van der Waals surface area contributed by atoms with Gasteiger partial charge in [-0.2, -0.15) is 0 Å². The molecule has 0 bridgehead atoms. The van der Waals surface area contributed by atoms with Crippen molar-refractivity contribution in [3.63, 3.8) is 0 Å². The first kappa shape index (κ1) is 15.0. The second-order valence-electron chi connectivity index (χ2n) is 5.14. The van der Waals surface area contributed by atoms with Crippen molar-refractivity contribution in [2.75, 3.05) is 5.32 Å². The van der Waals surface area contributed by atoms with Gasteiger partial charge >= 0.3 is 0 Å². The molecular weight excluding hydrogens is 262 g/mol. The Morgan fingerprint density at radius 3 is 2.29 bits per heavy atom. The van der Waals surface area contributed by atoms with Gasteiger partial charge in [0.2, 0.25) is 5.91 Å². The molecule has 2 rings (SSSR count). The van der Waals surface area contributed by atoms with Crippen molar-refractivity contribution < 1.29 is 9.59 Å². The lowest BCUT2D eigenvalue weighted by atomic mass is 10.1. The lowest BCUT2D eigenvalue weighted by molar-refractivity contribution is -0.116. The van der Waals surface area contributed by atoms with Crippen LogP contribution in [0.1, 0.15) is 34.3 Å². The third kappa shape index (κ3) is 4.28. The highest BCUT2D eigenvalue weighted by Crippen LogP contribution is 2.15. The second-order valence-corrected chi connectivity index (χ2v) is 5.14. The van der Waals surface area contributed by atoms with E-state index in [0.717, 1.165) is 11.3 Å². The maximum atomic E-state index is 11.9. The van der Waals surface area contributed by atoms with Crippen LogP contribution in [0, 0.1) is 13.8 Å². The quantitative estimate of drug-likeness (QED) is 0.845. The Morgan fingerprint density at radius 1 is 0.905 bits per heavy atom. The Balaban J connectivity index is 1.87. The molecule has 2 aromatic carbocycles. The van der Waals surface area contributed by atoms with E-state index in [2.05, 4.69) is 5.32 Å². The van der Waals surface area contributed by atoms with Crippen molar-refractivity contribution in [1.82, 2.24) is 0 Å². The molecule has 3 nitrogen and oxygen atoms in total. The Bertz CT molecular complexity index is 648. The van der Waals surface area contributed by atoms with Crippen LogP contribution in [0.4, 0.5) is 5.69 Å². The number of ketones is 1. The number of anilines is 1. The largest absolute Gasteiger partial charge is 0.326 e. The molecule has 0 aliphatic heterocycles. The zero-order valence-electron chi connectivity index (χ0n) is 12.3. The van der Waals surface area contributed by atoms with Crippen molar-refractivity contribution in [2.24, 2.45) is 0 Å². The van der Waals surface area contributed by atoms with Crippen LogP contribution in [0.2, 0.25) is 0 Å². The summed E-state index contributed by atoms with van der Waals surface area (Å²) in [5, 5.41) is 2.83. The molecule has 1 N–H and O–H groups in total. The van der Waals surface area contributed by atoms with Gasteiger partial charge in [-0.15, -0.1) is 0 Å². The van der Waals surface area contributed by atoms with Crippen molar-refractivity contribution >= 4 is 17.4 Å². The minimum atomic E-state index is -0.137. The lowest BCUT2D eigenvalue weighted by Gasteiger charge is -2.07. The number of hydrogen-bond donors (Lipinski definition) is 1. The van der Waals surface area contributed by atoms with E-state index < -0.39 is 0 Å². The lowest BCUT2D eigenvalue weighted by Crippen LogP contribution is -2.13. The van der Waals surface area contributed by atoms with Crippen LogP contribution in [-0.4, -0.2) is 11.7 Å². The summed E-state index contributed by atoms with van der Waals surface area (Å²) in [6, 6.07) is 14.8. The van der Waals surface area contributed by atoms with Gasteiger partial charge in [-0.25, -0.2) is 0 Å². The standard InChI is InChI=1S/C18H19NO2/c1-13-8-9-16(12-14(13)2)19-18(21)11-10-17(20)15-6-4-3-5-7-15/h3-9,12H,10-11H2,1-2H3,(H,19,21). The fourth-order valence-corrected chi connectivity index (χ4v) is 2.04. The number of aryl methyl sites for hydroxylation is 2. The molecule has 0 aromatic heterocycles. The molecule has 0 unspecified atom stereocenters. The summed E-state index contributed by atoms with van der Waals surface area (Å²) in [6.45, 7) is 4.03. The van der Waals surface area contributed by atoms with Gasteiger partial charge in [-0.05, 0) is 37.1 Å². The minimum Gasteiger partial charge on any atom is -0.326 e. The Hall–Kier alpha value is -2.42. The smallest absolute Gasteiger partial charge is 0.224 e. The zero-order valence-corrected chi connectivity index (χ0v) is 12.3. The number of nitrogens with one attached hydrogen (secondary N) is 1. The maximum Gasteiger partial charge on any atom is 0.224 e. The molecule has 108 valence electrons. The molecular formula is C18H19NO2. The summed E-state index contributed by atoms with van der Waals surface area (Å²) < 4.78 is 0. The van der Waals surface area contributed by atoms with Gasteiger partial charge in [0, 0.05) is 24.1 Å². The van der Waals surface area contributed by atoms with Gasteiger partial charge in [0.1, 0.15) is 0 Å². The number of amides is 1. The monoisotopic (exact) mass is 281 g/mol. The fourth-order valence-electron chi connectivity index (χ4n) is 2.04. The average molecular weight is 281 g/mol. The molecule has 0 radical (unpaired) electrons. The first-order valence-corrected chi connectivity index (χ1v) is 7.01. The number of hydrogen-bond acceptors (Lipinski definition) is 2. The Kier molecular flexibility index (Phi) is 4.88. The summed E-state index contributed by atoms with van der Waals surface area (Å²) in [5.74, 6) is -0.145. The number of benzene rings is 2. The highest BCUT2D eigenvalue weighted by Gasteiger charge is 2.09. The maximum absolute atomic E-state index is 11.9. The molecule has 0 fully saturated rings. The Labute approximate surface area is 125 Å². The zero-order chi connectivity index (χ0) is 15.2. The van der Waals surface area contributed by atoms with Gasteiger partial charge in [0.05, 0.1) is 0 Å². The van der Waals surface area contributed by atoms with E-state index in [0.29, 0.717) is 5.56 Å². The van der Waals surface area contributed by atoms with Gasteiger partial charge in [-0.3, -0.25) is 9.59 Å². The first-order valence-electron chi connectivity index (χ1n) is 7.01. The van der Waals surface area contributed by atoms with E-state index in [1.807, 2.05) is 50.2 Å². The number of carbonyl (C=O) groups excluding carboxylic acids is 2. The SMILES string of the molecule is Cc1ccc(NC(=O)CCC(=O)c2ccccc2)cc1C. The van der Waals surface area contributed by atoms with Crippen LogP contribution >= 0.6 is 0 Å². The predicted molar refractivity (Wildman–Crippen MR) is 84.6 cm³/mol. The van der Waals surface area contributed by atoms with Crippen molar-refractivity contribution in [1.29, 1.82) is 0 Å². The molecule has 0 aliphatic carbocycles. The molecule has 3 heteroatoms. The van der Waals surface area contributed by atoms with E-state index in [1.165, 1.54) is 5.56 Å². The highest BCUT2D eigenvalue weighted by atomic mass is 16.2. The predicted octanol–water partition coefficient (Wildman–Crippen LogP) is 3.91. The summed E-state index contributed by atoms with van der Waals surface area (Å²) in [4.78, 5) is 23.8. The third-order valence-electron chi connectivity index (χ3n) is 3.47. The summed E-state index contributed by atoms with van der Waals surface area (Å²) in [6.07, 6.45) is 0.418. The summed E-state index contributed by atoms with van der Waals surface area (Å²) >= 11 is 0. The van der Waals surface area contributed by atoms with E-state index >= 15 is 0 Å². The minimum absolute atomic E-state index is 0.00848. The van der Waals surface area contributed by atoms with Crippen LogP contribution in [0.3, 0.4) is 0 Å². The van der Waals surface area contributed by atoms with E-state index in [1.54, 1.807) is 12.1 Å². The van der Waals surface area contributed by atoms with Crippen molar-refractivity contribution in [3.05, 3.63) is 65.2 Å². The topological polar surface area (TPSA) is 46.2 Å².